The molecule has 0 N–H and O–H groups in total. The van der Waals surface area contributed by atoms with Crippen LogP contribution in [0.4, 0.5) is 17.6 Å². The van der Waals surface area contributed by atoms with Crippen LogP contribution in [0.5, 0.6) is 0 Å². The minimum Gasteiger partial charge on any atom is -0.304 e. The van der Waals surface area contributed by atoms with Gasteiger partial charge in [-0.1, -0.05) is 18.7 Å². The van der Waals surface area contributed by atoms with E-state index in [9.17, 15) is 30.8 Å². The number of amides is 1. The molecule has 0 radical (unpaired) electrons. The fraction of sp³-hybridized carbons (Fsp3) is 0.333. The number of carbonyl (C=O) groups is 1. The van der Waals surface area contributed by atoms with E-state index in [1.54, 1.807) is 0 Å². The molecule has 2 fully saturated rings. The largest absolute Gasteiger partial charge is 0.417 e. The lowest BCUT2D eigenvalue weighted by molar-refractivity contribution is -0.137. The summed E-state index contributed by atoms with van der Waals surface area (Å²) in [6.07, 6.45) is -3.01. The lowest BCUT2D eigenvalue weighted by Crippen LogP contribution is -2.67. The van der Waals surface area contributed by atoms with Crippen LogP contribution >= 0.6 is 0 Å². The second kappa shape index (κ2) is 6.61. The SMILES string of the molecule is C=C1c2cc(C(F)(F)F)cnc2C(=O)N1C1CC2(C1)CN(S(=O)(=O)c1ccccc1F)C2. The third kappa shape index (κ3) is 2.98. The van der Waals surface area contributed by atoms with Gasteiger partial charge in [-0.3, -0.25) is 4.79 Å². The fourth-order valence-electron chi connectivity index (χ4n) is 4.81. The van der Waals surface area contributed by atoms with Crippen LogP contribution in [0.1, 0.15) is 34.5 Å². The number of carbonyl (C=O) groups excluding carboxylic acids is 1. The van der Waals surface area contributed by atoms with E-state index < -0.39 is 33.5 Å². The van der Waals surface area contributed by atoms with Gasteiger partial charge in [0, 0.05) is 42.0 Å². The maximum Gasteiger partial charge on any atom is 0.417 e. The summed E-state index contributed by atoms with van der Waals surface area (Å²) in [5.41, 5.74) is -1.14. The zero-order valence-corrected chi connectivity index (χ0v) is 17.4. The first-order valence-electron chi connectivity index (χ1n) is 9.78. The Morgan fingerprint density at radius 2 is 1.81 bits per heavy atom. The molecule has 3 aliphatic rings. The van der Waals surface area contributed by atoms with Crippen molar-refractivity contribution < 1.29 is 30.8 Å². The minimum atomic E-state index is -4.58. The van der Waals surface area contributed by atoms with Crippen molar-refractivity contribution in [2.75, 3.05) is 13.1 Å². The van der Waals surface area contributed by atoms with Crippen LogP contribution in [0, 0.1) is 11.2 Å². The number of nitrogens with zero attached hydrogens (tertiary/aromatic N) is 3. The van der Waals surface area contributed by atoms with Gasteiger partial charge in [0.15, 0.2) is 0 Å². The molecule has 6 nitrogen and oxygen atoms in total. The van der Waals surface area contributed by atoms with E-state index in [0.717, 1.165) is 12.1 Å². The number of fused-ring (bicyclic) bond motifs is 1. The van der Waals surface area contributed by atoms with E-state index >= 15 is 0 Å². The summed E-state index contributed by atoms with van der Waals surface area (Å²) in [7, 11) is -3.96. The molecule has 1 aliphatic carbocycles. The van der Waals surface area contributed by atoms with Crippen LogP contribution in [-0.2, 0) is 16.2 Å². The molecule has 1 amide bonds. The Bertz CT molecular complexity index is 1260. The van der Waals surface area contributed by atoms with Gasteiger partial charge in [0.25, 0.3) is 5.91 Å². The van der Waals surface area contributed by atoms with Gasteiger partial charge in [-0.2, -0.15) is 17.5 Å². The van der Waals surface area contributed by atoms with Gasteiger partial charge in [-0.15, -0.1) is 0 Å². The van der Waals surface area contributed by atoms with Crippen LogP contribution in [0.25, 0.3) is 5.70 Å². The number of rotatable bonds is 3. The third-order valence-electron chi connectivity index (χ3n) is 6.42. The van der Waals surface area contributed by atoms with Crippen LogP contribution in [-0.4, -0.2) is 47.6 Å². The number of benzene rings is 1. The number of hydrogen-bond acceptors (Lipinski definition) is 4. The summed E-state index contributed by atoms with van der Waals surface area (Å²) in [4.78, 5) is 17.4. The van der Waals surface area contributed by atoms with E-state index in [2.05, 4.69) is 11.6 Å². The van der Waals surface area contributed by atoms with Crippen molar-refractivity contribution >= 4 is 21.6 Å². The van der Waals surface area contributed by atoms with Gasteiger partial charge in [0.05, 0.1) is 5.56 Å². The standard InChI is InChI=1S/C21H17F4N3O3S/c1-12-15-6-13(21(23,24)25)9-26-18(15)19(29)28(12)14-7-20(8-14)10-27(11-20)32(30,31)17-5-3-2-4-16(17)22/h2-6,9,14H,1,7-8,10-11H2. The number of pyridine rings is 1. The Hall–Kier alpha value is -2.79. The zero-order chi connectivity index (χ0) is 23.1. The highest BCUT2D eigenvalue weighted by atomic mass is 32.2. The molecule has 1 saturated carbocycles. The summed E-state index contributed by atoms with van der Waals surface area (Å²) in [5, 5.41) is 0. The average Bonchev–Trinajstić information content (AvgIpc) is 2.90. The molecule has 5 rings (SSSR count). The fourth-order valence-corrected chi connectivity index (χ4v) is 6.54. The Kier molecular flexibility index (Phi) is 4.35. The highest BCUT2D eigenvalue weighted by molar-refractivity contribution is 7.89. The first kappa shape index (κ1) is 21.1. The van der Waals surface area contributed by atoms with Crippen molar-refractivity contribution in [3.05, 3.63) is 65.7 Å². The number of aromatic nitrogens is 1. The molecule has 1 aromatic heterocycles. The summed E-state index contributed by atoms with van der Waals surface area (Å²) in [6, 6.07) is 5.73. The third-order valence-corrected chi connectivity index (χ3v) is 8.24. The van der Waals surface area contributed by atoms with E-state index in [4.69, 9.17) is 0 Å². The zero-order valence-electron chi connectivity index (χ0n) is 16.6. The molecule has 0 bridgehead atoms. The van der Waals surface area contributed by atoms with Crippen LogP contribution in [0.3, 0.4) is 0 Å². The Labute approximate surface area is 181 Å². The summed E-state index contributed by atoms with van der Waals surface area (Å²) >= 11 is 0. The topological polar surface area (TPSA) is 70.6 Å². The Morgan fingerprint density at radius 3 is 2.44 bits per heavy atom. The van der Waals surface area contributed by atoms with Gasteiger partial charge in [-0.05, 0) is 31.0 Å². The van der Waals surface area contributed by atoms with Gasteiger partial charge < -0.3 is 4.90 Å². The van der Waals surface area contributed by atoms with Crippen molar-refractivity contribution in [1.29, 1.82) is 0 Å². The number of hydrogen-bond donors (Lipinski definition) is 0. The molecule has 1 aromatic carbocycles. The number of halogens is 4. The molecular weight excluding hydrogens is 450 g/mol. The molecule has 1 spiro atoms. The first-order chi connectivity index (χ1) is 14.9. The van der Waals surface area contributed by atoms with Crippen molar-refractivity contribution in [3.8, 4) is 0 Å². The van der Waals surface area contributed by atoms with Gasteiger partial charge in [0.2, 0.25) is 10.0 Å². The molecule has 0 atom stereocenters. The molecule has 32 heavy (non-hydrogen) atoms. The second-order valence-electron chi connectivity index (χ2n) is 8.51. The van der Waals surface area contributed by atoms with Crippen molar-refractivity contribution in [3.63, 3.8) is 0 Å². The number of sulfonamides is 1. The summed E-state index contributed by atoms with van der Waals surface area (Å²) in [6.45, 7) is 4.18. The van der Waals surface area contributed by atoms with Gasteiger partial charge in [0.1, 0.15) is 16.4 Å². The molecule has 168 valence electrons. The Balaban J connectivity index is 1.28. The van der Waals surface area contributed by atoms with Gasteiger partial charge in [-0.25, -0.2) is 17.8 Å². The molecule has 0 unspecified atom stereocenters. The van der Waals surface area contributed by atoms with E-state index in [0.29, 0.717) is 19.0 Å². The molecule has 3 heterocycles. The number of alkyl halides is 3. The van der Waals surface area contributed by atoms with Crippen molar-refractivity contribution in [1.82, 2.24) is 14.2 Å². The quantitative estimate of drug-likeness (QED) is 0.648. The average molecular weight is 467 g/mol. The van der Waals surface area contributed by atoms with E-state index in [1.165, 1.54) is 27.4 Å². The predicted octanol–water partition coefficient (Wildman–Crippen LogP) is 3.52. The maximum absolute atomic E-state index is 13.9. The van der Waals surface area contributed by atoms with E-state index in [1.807, 2.05) is 0 Å². The smallest absolute Gasteiger partial charge is 0.304 e. The monoisotopic (exact) mass is 467 g/mol. The van der Waals surface area contributed by atoms with Crippen molar-refractivity contribution in [2.45, 2.75) is 30.0 Å². The minimum absolute atomic E-state index is 0.0585. The lowest BCUT2D eigenvalue weighted by Gasteiger charge is -2.59. The first-order valence-corrected chi connectivity index (χ1v) is 11.2. The molecule has 2 aromatic rings. The highest BCUT2D eigenvalue weighted by Gasteiger charge is 2.59. The van der Waals surface area contributed by atoms with Crippen LogP contribution in [0.2, 0.25) is 0 Å². The lowest BCUT2D eigenvalue weighted by atomic mass is 9.61. The van der Waals surface area contributed by atoms with Crippen LogP contribution < -0.4 is 0 Å². The van der Waals surface area contributed by atoms with E-state index in [-0.39, 0.29) is 46.4 Å². The molecule has 2 aliphatic heterocycles. The normalized spacial score (nSPS) is 20.9. The molecule has 1 saturated heterocycles. The summed E-state index contributed by atoms with van der Waals surface area (Å²) < 4.78 is 79.5. The predicted molar refractivity (Wildman–Crippen MR) is 105 cm³/mol. The highest BCUT2D eigenvalue weighted by Crippen LogP contribution is 2.54. The maximum atomic E-state index is 13.9. The van der Waals surface area contributed by atoms with Crippen molar-refractivity contribution in [2.24, 2.45) is 5.41 Å². The second-order valence-corrected chi connectivity index (χ2v) is 10.4. The molecular formula is C21H17F4N3O3S. The van der Waals surface area contributed by atoms with Crippen LogP contribution in [0.15, 0.2) is 48.0 Å². The summed E-state index contributed by atoms with van der Waals surface area (Å²) in [5.74, 6) is -1.32. The van der Waals surface area contributed by atoms with Gasteiger partial charge >= 0.3 is 6.18 Å². The Morgan fingerprint density at radius 1 is 1.16 bits per heavy atom. The molecule has 11 heteroatoms.